The first-order chi connectivity index (χ1) is 12.1. The second-order valence-electron chi connectivity index (χ2n) is 6.41. The monoisotopic (exact) mass is 345 g/mol. The molecule has 3 rings (SSSR count). The summed E-state index contributed by atoms with van der Waals surface area (Å²) >= 11 is 0. The van der Waals surface area contributed by atoms with Gasteiger partial charge in [-0.15, -0.1) is 0 Å². The Labute approximate surface area is 147 Å². The Balaban J connectivity index is 1.58. The number of rotatable bonds is 4. The average Bonchev–Trinajstić information content (AvgIpc) is 3.16. The van der Waals surface area contributed by atoms with Crippen LogP contribution in [0.5, 0.6) is 5.75 Å². The van der Waals surface area contributed by atoms with E-state index in [1.165, 1.54) is 19.2 Å². The molecule has 0 aliphatic carbocycles. The van der Waals surface area contributed by atoms with E-state index >= 15 is 0 Å². The maximum atomic E-state index is 13.5. The first-order valence-electron chi connectivity index (χ1n) is 8.60. The van der Waals surface area contributed by atoms with Crippen molar-refractivity contribution in [3.8, 4) is 5.75 Å². The number of nitrogens with one attached hydrogen (secondary N) is 1. The Morgan fingerprint density at radius 2 is 1.96 bits per heavy atom. The number of hydrogen-bond donors (Lipinski definition) is 1. The van der Waals surface area contributed by atoms with Gasteiger partial charge < -0.3 is 19.5 Å². The van der Waals surface area contributed by atoms with Gasteiger partial charge in [0, 0.05) is 37.1 Å². The Bertz CT molecular complexity index is 709. The molecular weight excluding hydrogens is 321 g/mol. The molecule has 5 nitrogen and oxygen atoms in total. The lowest BCUT2D eigenvalue weighted by molar-refractivity contribution is 0.169. The molecule has 1 aromatic carbocycles. The van der Waals surface area contributed by atoms with Crippen LogP contribution in [0.15, 0.2) is 42.7 Å². The number of carbonyl (C=O) groups is 1. The van der Waals surface area contributed by atoms with Crippen molar-refractivity contribution in [1.29, 1.82) is 0 Å². The summed E-state index contributed by atoms with van der Waals surface area (Å²) in [6.07, 6.45) is 6.00. The van der Waals surface area contributed by atoms with Crippen LogP contribution >= 0.6 is 0 Å². The summed E-state index contributed by atoms with van der Waals surface area (Å²) in [7, 11) is 1.54. The van der Waals surface area contributed by atoms with E-state index in [1.54, 1.807) is 6.07 Å². The van der Waals surface area contributed by atoms with Gasteiger partial charge in [0.05, 0.1) is 13.2 Å². The minimum Gasteiger partial charge on any atom is -0.496 e. The van der Waals surface area contributed by atoms with Gasteiger partial charge in [0.1, 0.15) is 11.6 Å². The van der Waals surface area contributed by atoms with Gasteiger partial charge in [0.15, 0.2) is 0 Å². The molecule has 0 unspecified atom stereocenters. The molecule has 2 amide bonds. The van der Waals surface area contributed by atoms with E-state index in [0.29, 0.717) is 30.4 Å². The fourth-order valence-electron chi connectivity index (χ4n) is 3.36. The average molecular weight is 345 g/mol. The molecule has 1 aliphatic rings. The summed E-state index contributed by atoms with van der Waals surface area (Å²) in [4.78, 5) is 14.4. The predicted octanol–water partition coefficient (Wildman–Crippen LogP) is 3.74. The van der Waals surface area contributed by atoms with Crippen LogP contribution in [0.3, 0.4) is 0 Å². The van der Waals surface area contributed by atoms with E-state index in [2.05, 4.69) is 22.3 Å². The molecule has 1 saturated heterocycles. The first kappa shape index (κ1) is 17.3. The number of methoxy groups -OCH3 is 1. The van der Waals surface area contributed by atoms with Crippen molar-refractivity contribution in [2.75, 3.05) is 20.2 Å². The minimum absolute atomic E-state index is 0.121. The highest BCUT2D eigenvalue weighted by atomic mass is 19.1. The van der Waals surface area contributed by atoms with Gasteiger partial charge in [0.25, 0.3) is 0 Å². The molecule has 1 aliphatic heterocycles. The van der Waals surface area contributed by atoms with Crippen molar-refractivity contribution in [3.63, 3.8) is 0 Å². The molecule has 0 spiro atoms. The van der Waals surface area contributed by atoms with Gasteiger partial charge in [-0.1, -0.05) is 0 Å². The van der Waals surface area contributed by atoms with Crippen LogP contribution in [0.2, 0.25) is 0 Å². The van der Waals surface area contributed by atoms with Gasteiger partial charge in [0.2, 0.25) is 0 Å². The summed E-state index contributed by atoms with van der Waals surface area (Å²) in [5.74, 6) is 0.227. The van der Waals surface area contributed by atoms with Gasteiger partial charge >= 0.3 is 6.03 Å². The third-order valence-electron chi connectivity index (χ3n) is 4.80. The lowest BCUT2D eigenvalue weighted by Crippen LogP contribution is -2.45. The quantitative estimate of drug-likeness (QED) is 0.917. The zero-order chi connectivity index (χ0) is 17.8. The van der Waals surface area contributed by atoms with Crippen molar-refractivity contribution < 1.29 is 13.9 Å². The highest BCUT2D eigenvalue weighted by molar-refractivity contribution is 5.75. The molecular formula is C19H24FN3O2. The lowest BCUT2D eigenvalue weighted by atomic mass is 10.0. The van der Waals surface area contributed by atoms with Crippen LogP contribution in [0.25, 0.3) is 0 Å². The van der Waals surface area contributed by atoms with E-state index in [0.717, 1.165) is 12.8 Å². The molecule has 2 aromatic rings. The van der Waals surface area contributed by atoms with E-state index in [1.807, 2.05) is 24.0 Å². The van der Waals surface area contributed by atoms with E-state index in [4.69, 9.17) is 4.74 Å². The molecule has 1 N–H and O–H groups in total. The molecule has 2 heterocycles. The number of nitrogens with zero attached hydrogens (tertiary/aromatic N) is 2. The SMILES string of the molecule is COc1ccc(F)cc1[C@@H](C)NC(=O)N1CCC(n2cccc2)CC1. The van der Waals surface area contributed by atoms with Gasteiger partial charge in [-0.2, -0.15) is 0 Å². The minimum atomic E-state index is -0.343. The van der Waals surface area contributed by atoms with Crippen molar-refractivity contribution in [3.05, 3.63) is 54.1 Å². The van der Waals surface area contributed by atoms with Crippen LogP contribution in [0, 0.1) is 5.82 Å². The summed E-state index contributed by atoms with van der Waals surface area (Å²) < 4.78 is 21.0. The number of benzene rings is 1. The number of amides is 2. The van der Waals surface area contributed by atoms with Crippen molar-refractivity contribution in [2.45, 2.75) is 31.8 Å². The van der Waals surface area contributed by atoms with Crippen LogP contribution < -0.4 is 10.1 Å². The van der Waals surface area contributed by atoms with Crippen LogP contribution in [-0.2, 0) is 0 Å². The Morgan fingerprint density at radius 3 is 2.60 bits per heavy atom. The summed E-state index contributed by atoms with van der Waals surface area (Å²) in [6, 6.07) is 8.37. The topological polar surface area (TPSA) is 46.5 Å². The van der Waals surface area contributed by atoms with Crippen LogP contribution in [-0.4, -0.2) is 35.7 Å². The highest BCUT2D eigenvalue weighted by Gasteiger charge is 2.25. The normalized spacial score (nSPS) is 16.5. The zero-order valence-electron chi connectivity index (χ0n) is 14.6. The number of hydrogen-bond acceptors (Lipinski definition) is 2. The highest BCUT2D eigenvalue weighted by Crippen LogP contribution is 2.27. The number of piperidine rings is 1. The van der Waals surface area contributed by atoms with E-state index in [9.17, 15) is 9.18 Å². The Kier molecular flexibility index (Phi) is 5.26. The van der Waals surface area contributed by atoms with Crippen LogP contribution in [0.4, 0.5) is 9.18 Å². The fourth-order valence-corrected chi connectivity index (χ4v) is 3.36. The smallest absolute Gasteiger partial charge is 0.317 e. The number of aromatic nitrogens is 1. The summed E-state index contributed by atoms with van der Waals surface area (Å²) in [6.45, 7) is 3.26. The number of ether oxygens (including phenoxy) is 1. The molecule has 1 fully saturated rings. The van der Waals surface area contributed by atoms with Crippen LogP contribution in [0.1, 0.15) is 37.4 Å². The molecule has 0 saturated carbocycles. The third kappa shape index (κ3) is 3.95. The third-order valence-corrected chi connectivity index (χ3v) is 4.80. The van der Waals surface area contributed by atoms with E-state index in [-0.39, 0.29) is 17.9 Å². The lowest BCUT2D eigenvalue weighted by Gasteiger charge is -2.33. The van der Waals surface area contributed by atoms with Crippen molar-refractivity contribution in [1.82, 2.24) is 14.8 Å². The number of carbonyl (C=O) groups excluding carboxylic acids is 1. The second kappa shape index (κ2) is 7.59. The molecule has 6 heteroatoms. The first-order valence-corrected chi connectivity index (χ1v) is 8.60. The molecule has 25 heavy (non-hydrogen) atoms. The Morgan fingerprint density at radius 1 is 1.28 bits per heavy atom. The fraction of sp³-hybridized carbons (Fsp3) is 0.421. The predicted molar refractivity (Wildman–Crippen MR) is 94.2 cm³/mol. The molecule has 134 valence electrons. The molecule has 0 radical (unpaired) electrons. The summed E-state index contributed by atoms with van der Waals surface area (Å²) in [5.41, 5.74) is 0.637. The standard InChI is InChI=1S/C19H24FN3O2/c1-14(17-13-15(20)5-6-18(17)25-2)21-19(24)23-11-7-16(8-12-23)22-9-3-4-10-22/h3-6,9-10,13-14,16H,7-8,11-12H2,1-2H3,(H,21,24)/t14-/m1/s1. The second-order valence-corrected chi connectivity index (χ2v) is 6.41. The van der Waals surface area contributed by atoms with Gasteiger partial charge in [-0.25, -0.2) is 9.18 Å². The maximum absolute atomic E-state index is 13.5. The van der Waals surface area contributed by atoms with Crippen molar-refractivity contribution >= 4 is 6.03 Å². The van der Waals surface area contributed by atoms with Gasteiger partial charge in [-0.3, -0.25) is 0 Å². The van der Waals surface area contributed by atoms with E-state index < -0.39 is 0 Å². The zero-order valence-corrected chi connectivity index (χ0v) is 14.6. The molecule has 0 bridgehead atoms. The summed E-state index contributed by atoms with van der Waals surface area (Å²) in [5, 5.41) is 2.95. The molecule has 1 atom stereocenters. The largest absolute Gasteiger partial charge is 0.496 e. The number of urea groups is 1. The van der Waals surface area contributed by atoms with Gasteiger partial charge in [-0.05, 0) is 50.1 Å². The number of halogens is 1. The van der Waals surface area contributed by atoms with Crippen molar-refractivity contribution in [2.24, 2.45) is 0 Å². The maximum Gasteiger partial charge on any atom is 0.317 e. The Hall–Kier alpha value is -2.50. The number of likely N-dealkylation sites (tertiary alicyclic amines) is 1. The molecule has 1 aromatic heterocycles.